The molecule has 0 aromatic heterocycles. The Hall–Kier alpha value is -4.10. The number of carbonyl (C=O) groups excluding carboxylic acids is 1. The molecular weight excluding hydrogens is 704 g/mol. The summed E-state index contributed by atoms with van der Waals surface area (Å²) in [5.41, 5.74) is 3.68. The summed E-state index contributed by atoms with van der Waals surface area (Å²) in [5, 5.41) is 57.1. The molecule has 4 fully saturated rings. The van der Waals surface area contributed by atoms with Crippen LogP contribution in [-0.4, -0.2) is 93.9 Å². The van der Waals surface area contributed by atoms with Crippen LogP contribution in [0.15, 0.2) is 71.3 Å². The van der Waals surface area contributed by atoms with Gasteiger partial charge in [0.1, 0.15) is 35.4 Å². The highest BCUT2D eigenvalue weighted by Gasteiger charge is 2.62. The monoisotopic (exact) mass is 752 g/mol. The predicted octanol–water partition coefficient (Wildman–Crippen LogP) is 5.28. The minimum Gasteiger partial charge on any atom is -0.506 e. The van der Waals surface area contributed by atoms with Gasteiger partial charge in [0, 0.05) is 18.9 Å². The Morgan fingerprint density at radius 2 is 1.85 bits per heavy atom. The van der Waals surface area contributed by atoms with Crippen LogP contribution in [0.2, 0.25) is 0 Å². The van der Waals surface area contributed by atoms with Gasteiger partial charge in [-0.05, 0) is 108 Å². The highest BCUT2D eigenvalue weighted by atomic mass is 16.7. The minimum atomic E-state index is -1.69. The van der Waals surface area contributed by atoms with Crippen LogP contribution in [0.5, 0.6) is 11.5 Å². The second-order valence-corrected chi connectivity index (χ2v) is 16.4. The number of benzene rings is 3. The number of fused-ring (bicyclic) bond motifs is 3. The average molecular weight is 753 g/mol. The van der Waals surface area contributed by atoms with E-state index in [1.165, 1.54) is 23.3 Å². The molecule has 2 saturated heterocycles. The maximum Gasteiger partial charge on any atom is 0.335 e. The van der Waals surface area contributed by atoms with Gasteiger partial charge in [-0.2, -0.15) is 0 Å². The number of aliphatic hydroxyl groups excluding tert-OH is 3. The van der Waals surface area contributed by atoms with Crippen molar-refractivity contribution in [2.75, 3.05) is 26.4 Å². The van der Waals surface area contributed by atoms with Crippen LogP contribution in [0, 0.1) is 36.5 Å². The first kappa shape index (κ1) is 36.5. The van der Waals surface area contributed by atoms with Crippen LogP contribution in [-0.2, 0) is 20.6 Å². The molecule has 0 bridgehead atoms. The minimum absolute atomic E-state index is 0.0413. The van der Waals surface area contributed by atoms with Crippen molar-refractivity contribution in [3.8, 4) is 11.5 Å². The molecule has 2 saturated carbocycles. The Morgan fingerprint density at radius 1 is 1.04 bits per heavy atom. The summed E-state index contributed by atoms with van der Waals surface area (Å²) in [5.74, 6) is -0.465. The van der Waals surface area contributed by atoms with Crippen LogP contribution in [0.4, 0.5) is 0 Å². The summed E-state index contributed by atoms with van der Waals surface area (Å²) < 4.78 is 25.4. The summed E-state index contributed by atoms with van der Waals surface area (Å²) in [7, 11) is 0. The molecular formula is C44H48O11. The van der Waals surface area contributed by atoms with E-state index in [1.807, 2.05) is 30.3 Å². The molecule has 3 aromatic rings. The third-order valence-electron chi connectivity index (χ3n) is 13.6. The van der Waals surface area contributed by atoms with Gasteiger partial charge in [0.25, 0.3) is 0 Å². The van der Waals surface area contributed by atoms with Crippen molar-refractivity contribution in [3.63, 3.8) is 0 Å². The molecule has 6 aliphatic rings. The van der Waals surface area contributed by atoms with Gasteiger partial charge in [-0.25, -0.2) is 4.79 Å². The van der Waals surface area contributed by atoms with E-state index in [1.54, 1.807) is 13.0 Å². The molecule has 0 radical (unpaired) electrons. The van der Waals surface area contributed by atoms with Crippen LogP contribution in [0.1, 0.15) is 70.4 Å². The number of phenols is 1. The first-order valence-corrected chi connectivity index (χ1v) is 19.6. The molecule has 0 unspecified atom stereocenters. The molecule has 1 spiro atoms. The van der Waals surface area contributed by atoms with Crippen LogP contribution < -0.4 is 4.74 Å². The standard InChI is InChI=1S/C44H48O11/c1-22-14-26-15-27(42(50)51)16-33(38(26)39(47)35(22)32(46)13-10-23-6-3-2-4-7-23)54-43-40(48)41(49)44(34(18-45)55-43)17-30-28-9-5-8-24-19-52-21-31(37(24)28)29-12-11-25(20-53-44)36(29)30/h2-4,6-7,12,14-16,24,28,30-31,34,37,40-41,43,45,47-49H,5,8-11,13,17-21H2,1H3,(H,50,51)/t24-,28+,30+,31-,34-,37+,40-,41-,43-,44-/m1/s1. The first-order valence-electron chi connectivity index (χ1n) is 19.6. The summed E-state index contributed by atoms with van der Waals surface area (Å²) >= 11 is 0. The second-order valence-electron chi connectivity index (χ2n) is 16.4. The highest BCUT2D eigenvalue weighted by Crippen LogP contribution is 2.61. The van der Waals surface area contributed by atoms with E-state index < -0.39 is 42.8 Å². The summed E-state index contributed by atoms with van der Waals surface area (Å²) in [6, 6.07) is 13.7. The second kappa shape index (κ2) is 14.1. The fourth-order valence-corrected chi connectivity index (χ4v) is 11.2. The van der Waals surface area contributed by atoms with E-state index >= 15 is 0 Å². The maximum atomic E-state index is 13.6. The van der Waals surface area contributed by atoms with Crippen LogP contribution in [0.3, 0.4) is 0 Å². The fourth-order valence-electron chi connectivity index (χ4n) is 11.2. The normalized spacial score (nSPS) is 33.8. The molecule has 10 atom stereocenters. The van der Waals surface area contributed by atoms with Gasteiger partial charge in [0.05, 0.1) is 36.3 Å². The zero-order valence-electron chi connectivity index (χ0n) is 30.9. The zero-order valence-corrected chi connectivity index (χ0v) is 30.9. The number of aryl methyl sites for hydroxylation is 2. The van der Waals surface area contributed by atoms with Crippen molar-refractivity contribution in [2.24, 2.45) is 29.6 Å². The summed E-state index contributed by atoms with van der Waals surface area (Å²) in [4.78, 5) is 25.9. The van der Waals surface area contributed by atoms with Gasteiger partial charge < -0.3 is 44.5 Å². The van der Waals surface area contributed by atoms with Crippen molar-refractivity contribution in [2.45, 2.75) is 82.1 Å². The number of aliphatic hydroxyl groups is 3. The van der Waals surface area contributed by atoms with Gasteiger partial charge in [-0.15, -0.1) is 0 Å². The van der Waals surface area contributed by atoms with E-state index in [-0.39, 0.29) is 52.7 Å². The summed E-state index contributed by atoms with van der Waals surface area (Å²) in [6.07, 6.45) is 1.31. The van der Waals surface area contributed by atoms with E-state index in [0.717, 1.165) is 43.4 Å². The number of Topliss-reactive ketones (excluding diaryl/α,β-unsaturated/α-hetero) is 1. The number of carbonyl (C=O) groups is 2. The molecule has 290 valence electrons. The molecule has 3 heterocycles. The molecule has 3 aromatic carbocycles. The van der Waals surface area contributed by atoms with Gasteiger partial charge in [0.2, 0.25) is 6.29 Å². The number of allylic oxidation sites excluding steroid dienone is 2. The Morgan fingerprint density at radius 3 is 2.64 bits per heavy atom. The number of aromatic carboxylic acids is 1. The quantitative estimate of drug-likeness (QED) is 0.190. The Kier molecular flexibility index (Phi) is 9.38. The number of ether oxygens (including phenoxy) is 4. The molecule has 0 amide bonds. The summed E-state index contributed by atoms with van der Waals surface area (Å²) in [6.45, 7) is 2.81. The number of rotatable bonds is 8. The van der Waals surface area contributed by atoms with Crippen molar-refractivity contribution in [3.05, 3.63) is 93.6 Å². The fraction of sp³-hybridized carbons (Fsp3) is 0.500. The lowest BCUT2D eigenvalue weighted by Gasteiger charge is -2.56. The third kappa shape index (κ3) is 5.93. The lowest BCUT2D eigenvalue weighted by Crippen LogP contribution is -2.69. The highest BCUT2D eigenvalue weighted by molar-refractivity contribution is 6.09. The van der Waals surface area contributed by atoms with E-state index in [4.69, 9.17) is 18.9 Å². The topological polar surface area (TPSA) is 172 Å². The van der Waals surface area contributed by atoms with Gasteiger partial charge >= 0.3 is 5.97 Å². The number of hydrogen-bond acceptors (Lipinski definition) is 10. The molecule has 3 aliphatic heterocycles. The number of hydrogen-bond donors (Lipinski definition) is 5. The smallest absolute Gasteiger partial charge is 0.335 e. The average Bonchev–Trinajstić information content (AvgIpc) is 3.54. The van der Waals surface area contributed by atoms with Crippen molar-refractivity contribution < 1.29 is 54.1 Å². The lowest BCUT2D eigenvalue weighted by molar-refractivity contribution is -0.326. The van der Waals surface area contributed by atoms with E-state index in [0.29, 0.717) is 54.1 Å². The van der Waals surface area contributed by atoms with Gasteiger partial charge in [0.15, 0.2) is 5.78 Å². The first-order chi connectivity index (χ1) is 26.6. The number of carboxylic acids is 1. The van der Waals surface area contributed by atoms with Gasteiger partial charge in [-0.1, -0.05) is 48.9 Å². The maximum absolute atomic E-state index is 13.6. The Balaban J connectivity index is 1.04. The van der Waals surface area contributed by atoms with Crippen LogP contribution in [0.25, 0.3) is 10.8 Å². The van der Waals surface area contributed by atoms with Crippen molar-refractivity contribution >= 4 is 22.5 Å². The number of ketones is 1. The predicted molar refractivity (Wildman–Crippen MR) is 200 cm³/mol. The van der Waals surface area contributed by atoms with Crippen LogP contribution >= 0.6 is 0 Å². The van der Waals surface area contributed by atoms with E-state index in [2.05, 4.69) is 6.08 Å². The Bertz CT molecular complexity index is 2080. The third-order valence-corrected chi connectivity index (χ3v) is 13.6. The molecule has 55 heavy (non-hydrogen) atoms. The lowest BCUT2D eigenvalue weighted by atomic mass is 9.52. The largest absolute Gasteiger partial charge is 0.506 e. The van der Waals surface area contributed by atoms with Crippen molar-refractivity contribution in [1.29, 1.82) is 0 Å². The Labute approximate surface area is 319 Å². The van der Waals surface area contributed by atoms with Gasteiger partial charge in [-0.3, -0.25) is 4.79 Å². The molecule has 3 aliphatic carbocycles. The number of phenolic OH excluding ortho intramolecular Hbond substituents is 1. The molecule has 9 rings (SSSR count). The molecule has 11 nitrogen and oxygen atoms in total. The SMILES string of the molecule is Cc1cc2cc(C(=O)O)cc(O[C@@H]3O[C@H](CO)[C@]4(C[C@@H]5C6=C(CC=C6[C@H]6COC[C@H]7CCC[C@@H]5[C@H]76)CO4)[C@H](O)[C@H]3O)c2c(O)c1C(=O)CCc1ccccc1. The van der Waals surface area contributed by atoms with E-state index in [9.17, 15) is 35.1 Å². The van der Waals surface area contributed by atoms with Crippen molar-refractivity contribution in [1.82, 2.24) is 0 Å². The number of carboxylic acid groups (broad SMARTS) is 1. The number of aromatic hydroxyl groups is 1. The molecule has 11 heteroatoms. The zero-order chi connectivity index (χ0) is 38.2. The molecule has 5 N–H and O–H groups in total.